The van der Waals surface area contributed by atoms with Gasteiger partial charge in [-0.05, 0) is 37.2 Å². The van der Waals surface area contributed by atoms with Gasteiger partial charge in [-0.15, -0.1) is 0 Å². The molecule has 2 saturated heterocycles. The van der Waals surface area contributed by atoms with Gasteiger partial charge in [0.25, 0.3) is 0 Å². The lowest BCUT2D eigenvalue weighted by molar-refractivity contribution is -0.180. The van der Waals surface area contributed by atoms with Gasteiger partial charge in [0, 0.05) is 32.4 Å². The summed E-state index contributed by atoms with van der Waals surface area (Å²) in [5.41, 5.74) is 0.573. The fraction of sp³-hybridized carbons (Fsp3) is 0.600. The van der Waals surface area contributed by atoms with E-state index >= 15 is 0 Å². The number of nitrogens with one attached hydrogen (secondary N) is 2. The number of piperidine rings is 1. The zero-order valence-corrected chi connectivity index (χ0v) is 21.6. The predicted octanol–water partition coefficient (Wildman–Crippen LogP) is 4.69. The maximum Gasteiger partial charge on any atom is 0.395 e. The highest BCUT2D eigenvalue weighted by atomic mass is 19.4. The van der Waals surface area contributed by atoms with Crippen molar-refractivity contribution in [3.63, 3.8) is 0 Å². The molecule has 6 rings (SSSR count). The molecule has 3 aromatic heterocycles. The summed E-state index contributed by atoms with van der Waals surface area (Å²) in [4.78, 5) is 20.8. The van der Waals surface area contributed by atoms with E-state index in [2.05, 4.69) is 39.4 Å². The number of amides is 2. The Morgan fingerprint density at radius 1 is 1.13 bits per heavy atom. The van der Waals surface area contributed by atoms with E-state index in [0.717, 1.165) is 0 Å². The number of alkyl halides is 4. The van der Waals surface area contributed by atoms with Gasteiger partial charge in [0.1, 0.15) is 11.4 Å². The van der Waals surface area contributed by atoms with Crippen LogP contribution in [0.2, 0.25) is 0 Å². The van der Waals surface area contributed by atoms with E-state index in [1.54, 1.807) is 11.0 Å². The largest absolute Gasteiger partial charge is 0.395 e. The number of pyridine rings is 1. The molecule has 2 atom stereocenters. The number of hydrogen-bond acceptors (Lipinski definition) is 5. The lowest BCUT2D eigenvalue weighted by atomic mass is 9.99. The molecule has 2 aliphatic heterocycles. The van der Waals surface area contributed by atoms with Crippen molar-refractivity contribution < 1.29 is 22.4 Å². The molecule has 204 valence electrons. The summed E-state index contributed by atoms with van der Waals surface area (Å²) in [6.45, 7) is 8.21. The standard InChI is InChI=1S/C25H30F4N8O/c1-23(2,26)12-37-19-5-17(30-6-14(19)21(34-37)35-8-13(9-35)25(27,28)29)20-18(7-31-33-20)32-22(38)36-10-15-16(11-36)24(15,3)4/h5-7,13,15-16H,8-12H2,1-4H3,(H,31,33)(H,32,38). The minimum Gasteiger partial charge on any atom is -0.353 e. The Morgan fingerprint density at radius 3 is 2.45 bits per heavy atom. The molecule has 3 aromatic rings. The van der Waals surface area contributed by atoms with Crippen LogP contribution in [-0.2, 0) is 6.54 Å². The number of nitrogens with zero attached hydrogens (tertiary/aromatic N) is 6. The average molecular weight is 535 g/mol. The van der Waals surface area contributed by atoms with E-state index in [1.165, 1.54) is 35.8 Å². The summed E-state index contributed by atoms with van der Waals surface area (Å²) in [7, 11) is 0. The molecule has 2 unspecified atom stereocenters. The third kappa shape index (κ3) is 4.15. The Balaban J connectivity index is 1.27. The van der Waals surface area contributed by atoms with Gasteiger partial charge in [0.05, 0.1) is 40.9 Å². The Bertz CT molecular complexity index is 1380. The molecule has 3 fully saturated rings. The quantitative estimate of drug-likeness (QED) is 0.464. The summed E-state index contributed by atoms with van der Waals surface area (Å²) in [6, 6.07) is 1.48. The number of carbonyl (C=O) groups excluding carboxylic acids is 1. The van der Waals surface area contributed by atoms with Crippen LogP contribution in [0.15, 0.2) is 18.5 Å². The number of carbonyl (C=O) groups is 1. The molecule has 0 aromatic carbocycles. The van der Waals surface area contributed by atoms with Gasteiger partial charge in [-0.3, -0.25) is 14.8 Å². The first-order valence-electron chi connectivity index (χ1n) is 12.7. The van der Waals surface area contributed by atoms with Crippen LogP contribution in [0.3, 0.4) is 0 Å². The van der Waals surface area contributed by atoms with Crippen molar-refractivity contribution in [2.75, 3.05) is 36.4 Å². The zero-order chi connectivity index (χ0) is 27.2. The number of halogens is 4. The third-order valence-electron chi connectivity index (χ3n) is 8.33. The van der Waals surface area contributed by atoms with E-state index in [4.69, 9.17) is 0 Å². The van der Waals surface area contributed by atoms with Crippen LogP contribution < -0.4 is 10.2 Å². The molecular weight excluding hydrogens is 504 g/mol. The molecular formula is C25H30F4N8O. The molecule has 3 aliphatic rings. The highest BCUT2D eigenvalue weighted by Gasteiger charge is 2.62. The average Bonchev–Trinajstić information content (AvgIpc) is 3.29. The summed E-state index contributed by atoms with van der Waals surface area (Å²) < 4.78 is 55.3. The fourth-order valence-electron chi connectivity index (χ4n) is 5.83. The second kappa shape index (κ2) is 8.06. The number of H-pyrrole nitrogens is 1. The van der Waals surface area contributed by atoms with Crippen molar-refractivity contribution in [1.29, 1.82) is 0 Å². The fourth-order valence-corrected chi connectivity index (χ4v) is 5.83. The van der Waals surface area contributed by atoms with E-state index < -0.39 is 17.8 Å². The predicted molar refractivity (Wildman–Crippen MR) is 133 cm³/mol. The van der Waals surface area contributed by atoms with Gasteiger partial charge < -0.3 is 15.1 Å². The first kappa shape index (κ1) is 24.9. The molecule has 13 heteroatoms. The van der Waals surface area contributed by atoms with Crippen molar-refractivity contribution in [2.45, 2.75) is 46.1 Å². The summed E-state index contributed by atoms with van der Waals surface area (Å²) in [5, 5.41) is 14.9. The number of hydrogen-bond donors (Lipinski definition) is 2. The van der Waals surface area contributed by atoms with Crippen LogP contribution in [0.25, 0.3) is 22.3 Å². The molecule has 2 N–H and O–H groups in total. The second-order valence-electron chi connectivity index (χ2n) is 12.0. The first-order valence-corrected chi connectivity index (χ1v) is 12.7. The zero-order valence-electron chi connectivity index (χ0n) is 21.6. The molecule has 9 nitrogen and oxygen atoms in total. The van der Waals surface area contributed by atoms with Gasteiger partial charge >= 0.3 is 12.2 Å². The normalized spacial score (nSPS) is 23.1. The summed E-state index contributed by atoms with van der Waals surface area (Å²) in [6.07, 6.45) is -1.24. The molecule has 1 aliphatic carbocycles. The van der Waals surface area contributed by atoms with Crippen molar-refractivity contribution in [3.8, 4) is 11.4 Å². The third-order valence-corrected chi connectivity index (χ3v) is 8.33. The van der Waals surface area contributed by atoms with Crippen LogP contribution in [-0.4, -0.2) is 73.9 Å². The maximum absolute atomic E-state index is 14.6. The van der Waals surface area contributed by atoms with Gasteiger partial charge in [-0.25, -0.2) is 9.18 Å². The van der Waals surface area contributed by atoms with E-state index in [9.17, 15) is 22.4 Å². The number of likely N-dealkylation sites (tertiary alicyclic amines) is 1. The maximum atomic E-state index is 14.6. The molecule has 0 spiro atoms. The van der Waals surface area contributed by atoms with Crippen molar-refractivity contribution in [2.24, 2.45) is 23.2 Å². The van der Waals surface area contributed by atoms with Crippen LogP contribution in [0.5, 0.6) is 0 Å². The highest BCUT2D eigenvalue weighted by Crippen LogP contribution is 2.62. The monoisotopic (exact) mass is 534 g/mol. The van der Waals surface area contributed by atoms with Gasteiger partial charge in [-0.1, -0.05) is 13.8 Å². The highest BCUT2D eigenvalue weighted by molar-refractivity contribution is 5.96. The van der Waals surface area contributed by atoms with Gasteiger partial charge in [0.15, 0.2) is 5.82 Å². The topological polar surface area (TPSA) is 95.0 Å². The van der Waals surface area contributed by atoms with Crippen LogP contribution in [0.4, 0.5) is 33.9 Å². The molecule has 0 bridgehead atoms. The smallest absolute Gasteiger partial charge is 0.353 e. The number of fused-ring (bicyclic) bond motifs is 2. The van der Waals surface area contributed by atoms with Gasteiger partial charge in [0.2, 0.25) is 0 Å². The minimum absolute atomic E-state index is 0.0935. The van der Waals surface area contributed by atoms with Crippen LogP contribution >= 0.6 is 0 Å². The van der Waals surface area contributed by atoms with Crippen molar-refractivity contribution in [1.82, 2.24) is 29.9 Å². The number of aromatic amines is 1. The Morgan fingerprint density at radius 2 is 1.82 bits per heavy atom. The minimum atomic E-state index is -4.27. The molecule has 0 radical (unpaired) electrons. The lowest BCUT2D eigenvalue weighted by Gasteiger charge is -2.40. The molecule has 2 amide bonds. The van der Waals surface area contributed by atoms with Crippen LogP contribution in [0.1, 0.15) is 27.7 Å². The number of urea groups is 1. The Kier molecular flexibility index (Phi) is 5.29. The number of anilines is 2. The summed E-state index contributed by atoms with van der Waals surface area (Å²) >= 11 is 0. The molecule has 1 saturated carbocycles. The van der Waals surface area contributed by atoms with Crippen molar-refractivity contribution in [3.05, 3.63) is 18.5 Å². The lowest BCUT2D eigenvalue weighted by Crippen LogP contribution is -2.53. The molecule has 5 heterocycles. The molecule has 38 heavy (non-hydrogen) atoms. The van der Waals surface area contributed by atoms with E-state index in [1.807, 2.05) is 0 Å². The first-order chi connectivity index (χ1) is 17.7. The SMILES string of the molecule is CC(C)(F)Cn1nc(N2CC(C(F)(F)F)C2)c2cnc(-c3[nH]ncc3NC(=O)N3CC4C(C3)C4(C)C)cc21. The van der Waals surface area contributed by atoms with Crippen molar-refractivity contribution >= 4 is 28.4 Å². The van der Waals surface area contributed by atoms with E-state index in [0.29, 0.717) is 58.7 Å². The Hall–Kier alpha value is -3.38. The number of rotatable bonds is 5. The second-order valence-corrected chi connectivity index (χ2v) is 12.0. The summed E-state index contributed by atoms with van der Waals surface area (Å²) in [5.74, 6) is -0.0323. The Labute approximate surface area is 216 Å². The van der Waals surface area contributed by atoms with Gasteiger partial charge in [-0.2, -0.15) is 23.4 Å². The number of aromatic nitrogens is 5. The van der Waals surface area contributed by atoms with E-state index in [-0.39, 0.29) is 31.1 Å². The van der Waals surface area contributed by atoms with Crippen LogP contribution in [0, 0.1) is 23.2 Å².